The first-order valence-corrected chi connectivity index (χ1v) is 13.6. The number of rotatable bonds is 9. The van der Waals surface area contributed by atoms with E-state index in [1.165, 1.54) is 78.9 Å². The lowest BCUT2D eigenvalue weighted by atomic mass is 10.1. The lowest BCUT2D eigenvalue weighted by Crippen LogP contribution is -2.10. The van der Waals surface area contributed by atoms with Crippen LogP contribution in [0.15, 0.2) is 94.7 Å². The summed E-state index contributed by atoms with van der Waals surface area (Å²) < 4.78 is 106. The van der Waals surface area contributed by atoms with E-state index < -0.39 is 33.2 Å². The number of nitrogens with two attached hydrogens (primary N) is 2. The summed E-state index contributed by atoms with van der Waals surface area (Å²) in [4.78, 5) is -0.265. The van der Waals surface area contributed by atoms with Crippen LogP contribution in [0.25, 0.3) is 0 Å². The quantitative estimate of drug-likeness (QED) is 0.200. The van der Waals surface area contributed by atoms with E-state index in [2.05, 4.69) is 0 Å². The average molecular weight is 593 g/mol. The van der Waals surface area contributed by atoms with Crippen LogP contribution in [0.4, 0.5) is 22.0 Å². The second kappa shape index (κ2) is 11.5. The van der Waals surface area contributed by atoms with Crippen molar-refractivity contribution < 1.29 is 39.8 Å². The van der Waals surface area contributed by atoms with Crippen molar-refractivity contribution in [3.05, 3.63) is 107 Å². The fourth-order valence-electron chi connectivity index (χ4n) is 3.92. The van der Waals surface area contributed by atoms with Crippen LogP contribution < -0.4 is 20.9 Å². The molecule has 6 nitrogen and oxygen atoms in total. The Kier molecular flexibility index (Phi) is 8.39. The Balaban J connectivity index is 1.55. The summed E-state index contributed by atoms with van der Waals surface area (Å²) in [6.07, 6.45) is -4.67. The maximum absolute atomic E-state index is 14.1. The van der Waals surface area contributed by atoms with Crippen LogP contribution in [0.3, 0.4) is 0 Å². The zero-order valence-electron chi connectivity index (χ0n) is 21.6. The second-order valence-corrected chi connectivity index (χ2v) is 11.1. The van der Waals surface area contributed by atoms with Crippen molar-refractivity contribution in [3.8, 4) is 23.0 Å². The first kappa shape index (κ1) is 30.0. The summed E-state index contributed by atoms with van der Waals surface area (Å²) in [7, 11) is -4.05. The topological polar surface area (TPSA) is 105 Å². The van der Waals surface area contributed by atoms with Crippen LogP contribution in [-0.4, -0.2) is 8.42 Å². The summed E-state index contributed by atoms with van der Waals surface area (Å²) in [5.74, 6) is -3.67. The molecule has 0 aliphatic carbocycles. The molecular weight excluding hydrogens is 567 g/mol. The zero-order valence-corrected chi connectivity index (χ0v) is 22.4. The Morgan fingerprint density at radius 2 is 1.02 bits per heavy atom. The number of hydrogen-bond acceptors (Lipinski definition) is 6. The first-order valence-electron chi connectivity index (χ1n) is 12.1. The Morgan fingerprint density at radius 1 is 0.634 bits per heavy atom. The first-order chi connectivity index (χ1) is 19.2. The van der Waals surface area contributed by atoms with Gasteiger partial charge < -0.3 is 20.9 Å². The molecule has 0 saturated carbocycles. The van der Waals surface area contributed by atoms with Gasteiger partial charge in [0.05, 0.1) is 20.9 Å². The molecular formula is C29H25F5N2O4S. The van der Waals surface area contributed by atoms with Crippen molar-refractivity contribution in [1.29, 1.82) is 0 Å². The van der Waals surface area contributed by atoms with Crippen LogP contribution in [-0.2, 0) is 35.0 Å². The van der Waals surface area contributed by atoms with Gasteiger partial charge in [0, 0.05) is 20.0 Å². The van der Waals surface area contributed by atoms with Crippen LogP contribution in [0.5, 0.6) is 23.0 Å². The third-order valence-corrected chi connectivity index (χ3v) is 7.85. The molecule has 0 aliphatic heterocycles. The largest absolute Gasteiger partial charge is 0.457 e. The summed E-state index contributed by atoms with van der Waals surface area (Å²) >= 11 is 0. The highest BCUT2D eigenvalue weighted by Crippen LogP contribution is 2.40. The molecule has 0 atom stereocenters. The number of hydrogen-bond donors (Lipinski definition) is 2. The maximum Gasteiger partial charge on any atom is 0.419 e. The molecule has 41 heavy (non-hydrogen) atoms. The van der Waals surface area contributed by atoms with Gasteiger partial charge in [-0.25, -0.2) is 17.2 Å². The fourth-order valence-corrected chi connectivity index (χ4v) is 5.18. The van der Waals surface area contributed by atoms with Crippen LogP contribution >= 0.6 is 0 Å². The number of alkyl halides is 5. The molecule has 0 bridgehead atoms. The summed E-state index contributed by atoms with van der Waals surface area (Å²) in [6.45, 7) is 0.841. The Morgan fingerprint density at radius 3 is 1.39 bits per heavy atom. The predicted molar refractivity (Wildman–Crippen MR) is 142 cm³/mol. The standard InChI is InChI=1S/C29H25F5N2O4S/c1-28(30,31)24-12-2-18(16-35)14-26(24)39-20-4-8-22(9-5-20)41(37,38)23-10-6-21(7-11-23)40-27-15-19(17-36)3-13-25(27)29(32,33)34/h2-15H,16-17,35-36H2,1H3. The van der Waals surface area contributed by atoms with E-state index in [0.29, 0.717) is 11.1 Å². The summed E-state index contributed by atoms with van der Waals surface area (Å²) in [5, 5.41) is 0. The highest BCUT2D eigenvalue weighted by Gasteiger charge is 2.34. The van der Waals surface area contributed by atoms with E-state index >= 15 is 0 Å². The lowest BCUT2D eigenvalue weighted by molar-refractivity contribution is -0.138. The fraction of sp³-hybridized carbons (Fsp3) is 0.172. The van der Waals surface area contributed by atoms with E-state index in [4.69, 9.17) is 20.9 Å². The van der Waals surface area contributed by atoms with Gasteiger partial charge in [-0.3, -0.25) is 0 Å². The van der Waals surface area contributed by atoms with Crippen molar-refractivity contribution in [2.24, 2.45) is 11.5 Å². The molecule has 4 aromatic carbocycles. The highest BCUT2D eigenvalue weighted by atomic mass is 32.2. The molecule has 4 N–H and O–H groups in total. The third kappa shape index (κ3) is 6.84. The number of benzene rings is 4. The highest BCUT2D eigenvalue weighted by molar-refractivity contribution is 7.91. The van der Waals surface area contributed by atoms with Gasteiger partial charge >= 0.3 is 6.18 Å². The minimum absolute atomic E-state index is 0.00182. The van der Waals surface area contributed by atoms with E-state index in [0.717, 1.165) is 13.0 Å². The summed E-state index contributed by atoms with van der Waals surface area (Å²) in [5.41, 5.74) is 10.8. The Bertz CT molecular complexity index is 1520. The zero-order chi connectivity index (χ0) is 30.0. The molecule has 0 aliphatic rings. The van der Waals surface area contributed by atoms with E-state index in [1.54, 1.807) is 0 Å². The molecule has 0 radical (unpaired) electrons. The van der Waals surface area contributed by atoms with Gasteiger partial charge in [0.15, 0.2) is 0 Å². The van der Waals surface area contributed by atoms with Gasteiger partial charge in [-0.15, -0.1) is 0 Å². The lowest BCUT2D eigenvalue weighted by Gasteiger charge is -2.17. The van der Waals surface area contributed by atoms with E-state index in [9.17, 15) is 30.4 Å². The minimum atomic E-state index is -4.67. The molecule has 0 heterocycles. The summed E-state index contributed by atoms with van der Waals surface area (Å²) in [6, 6.07) is 17.4. The minimum Gasteiger partial charge on any atom is -0.457 e. The number of sulfone groups is 1. The van der Waals surface area contributed by atoms with Crippen molar-refractivity contribution in [3.63, 3.8) is 0 Å². The molecule has 0 aromatic heterocycles. The van der Waals surface area contributed by atoms with E-state index in [-0.39, 0.29) is 45.7 Å². The third-order valence-electron chi connectivity index (χ3n) is 6.07. The maximum atomic E-state index is 14.1. The van der Waals surface area contributed by atoms with Gasteiger partial charge in [-0.05, 0) is 83.9 Å². The van der Waals surface area contributed by atoms with Gasteiger partial charge in [0.2, 0.25) is 9.84 Å². The van der Waals surface area contributed by atoms with Crippen molar-refractivity contribution in [2.45, 2.75) is 41.9 Å². The molecule has 4 rings (SSSR count). The predicted octanol–water partition coefficient (Wildman–Crippen LogP) is 7.15. The second-order valence-electron chi connectivity index (χ2n) is 9.11. The van der Waals surface area contributed by atoms with Gasteiger partial charge in [-0.1, -0.05) is 12.1 Å². The van der Waals surface area contributed by atoms with Gasteiger partial charge in [0.1, 0.15) is 23.0 Å². The molecule has 0 fully saturated rings. The number of halogens is 5. The Labute approximate surface area is 233 Å². The molecule has 216 valence electrons. The average Bonchev–Trinajstić information content (AvgIpc) is 2.92. The van der Waals surface area contributed by atoms with Crippen molar-refractivity contribution >= 4 is 9.84 Å². The van der Waals surface area contributed by atoms with Crippen LogP contribution in [0.1, 0.15) is 29.2 Å². The normalized spacial score (nSPS) is 12.3. The van der Waals surface area contributed by atoms with Crippen LogP contribution in [0.2, 0.25) is 0 Å². The van der Waals surface area contributed by atoms with E-state index in [1.807, 2.05) is 0 Å². The monoisotopic (exact) mass is 592 g/mol. The van der Waals surface area contributed by atoms with Gasteiger partial charge in [0.25, 0.3) is 5.92 Å². The Hall–Kier alpha value is -4.00. The molecule has 0 amide bonds. The number of ether oxygens (including phenoxy) is 2. The smallest absolute Gasteiger partial charge is 0.419 e. The molecule has 0 spiro atoms. The van der Waals surface area contributed by atoms with Crippen molar-refractivity contribution in [1.82, 2.24) is 0 Å². The molecule has 12 heteroatoms. The van der Waals surface area contributed by atoms with Crippen molar-refractivity contribution in [2.75, 3.05) is 0 Å². The molecule has 0 saturated heterocycles. The SMILES string of the molecule is CC(F)(F)c1ccc(CN)cc1Oc1ccc(S(=O)(=O)c2ccc(Oc3cc(CN)ccc3C(F)(F)F)cc2)cc1. The molecule has 0 unspecified atom stereocenters. The van der Waals surface area contributed by atoms with Crippen LogP contribution in [0, 0.1) is 0 Å². The molecule has 4 aromatic rings. The van der Waals surface area contributed by atoms with Gasteiger partial charge in [-0.2, -0.15) is 13.2 Å².